The van der Waals surface area contributed by atoms with E-state index < -0.39 is 0 Å². The zero-order valence-electron chi connectivity index (χ0n) is 13.9. The molecule has 0 saturated heterocycles. The molecule has 3 rings (SSSR count). The second-order valence-corrected chi connectivity index (χ2v) is 5.56. The van der Waals surface area contributed by atoms with E-state index in [1.54, 1.807) is 12.1 Å². The van der Waals surface area contributed by atoms with E-state index in [9.17, 15) is 9.59 Å². The number of hydrogen-bond donors (Lipinski definition) is 2. The van der Waals surface area contributed by atoms with Crippen LogP contribution in [0.15, 0.2) is 36.5 Å². The minimum atomic E-state index is -0.345. The summed E-state index contributed by atoms with van der Waals surface area (Å²) in [4.78, 5) is 28.3. The van der Waals surface area contributed by atoms with Crippen LogP contribution in [-0.2, 0) is 6.54 Å². The number of amides is 2. The molecule has 2 heterocycles. The molecule has 1 aliphatic heterocycles. The highest BCUT2D eigenvalue weighted by Gasteiger charge is 2.15. The number of hydrogen-bond acceptors (Lipinski definition) is 5. The monoisotopic (exact) mass is 341 g/mol. The molecule has 0 aliphatic carbocycles. The summed E-state index contributed by atoms with van der Waals surface area (Å²) in [7, 11) is 0. The van der Waals surface area contributed by atoms with Crippen LogP contribution < -0.4 is 20.1 Å². The van der Waals surface area contributed by atoms with Crippen LogP contribution in [0.1, 0.15) is 39.8 Å². The Morgan fingerprint density at radius 2 is 1.92 bits per heavy atom. The number of aromatic nitrogens is 1. The summed E-state index contributed by atoms with van der Waals surface area (Å²) in [6.45, 7) is 3.10. The maximum Gasteiger partial charge on any atom is 0.270 e. The molecule has 0 saturated carbocycles. The molecule has 0 unspecified atom stereocenters. The molecule has 1 aromatic heterocycles. The zero-order valence-corrected chi connectivity index (χ0v) is 13.9. The predicted octanol–water partition coefficient (Wildman–Crippen LogP) is 1.88. The molecule has 2 N–H and O–H groups in total. The predicted molar refractivity (Wildman–Crippen MR) is 90.6 cm³/mol. The molecule has 2 aromatic rings. The molecule has 7 nitrogen and oxygen atoms in total. The van der Waals surface area contributed by atoms with Crippen molar-refractivity contribution in [2.75, 3.05) is 13.3 Å². The van der Waals surface area contributed by atoms with E-state index in [0.29, 0.717) is 30.2 Å². The van der Waals surface area contributed by atoms with Crippen molar-refractivity contribution in [2.24, 2.45) is 0 Å². The number of ether oxygens (including phenoxy) is 2. The lowest BCUT2D eigenvalue weighted by molar-refractivity contribution is 0.0946. The maximum absolute atomic E-state index is 12.3. The summed E-state index contributed by atoms with van der Waals surface area (Å²) in [5.41, 5.74) is 1.50. The van der Waals surface area contributed by atoms with Crippen molar-refractivity contribution in [2.45, 2.75) is 19.9 Å². The highest BCUT2D eigenvalue weighted by atomic mass is 16.7. The number of carbonyl (C=O) groups excluding carboxylic acids is 2. The fourth-order valence-corrected chi connectivity index (χ4v) is 2.36. The van der Waals surface area contributed by atoms with Gasteiger partial charge in [0.25, 0.3) is 11.8 Å². The van der Waals surface area contributed by atoms with Gasteiger partial charge in [-0.2, -0.15) is 0 Å². The summed E-state index contributed by atoms with van der Waals surface area (Å²) in [5, 5.41) is 5.56. The van der Waals surface area contributed by atoms with Crippen LogP contribution in [0.3, 0.4) is 0 Å². The Labute approximate surface area is 145 Å². The van der Waals surface area contributed by atoms with Gasteiger partial charge in [0, 0.05) is 24.8 Å². The first-order chi connectivity index (χ1) is 12.2. The summed E-state index contributed by atoms with van der Waals surface area (Å²) >= 11 is 0. The first-order valence-electron chi connectivity index (χ1n) is 8.08. The van der Waals surface area contributed by atoms with Gasteiger partial charge in [-0.1, -0.05) is 13.0 Å². The third-order valence-electron chi connectivity index (χ3n) is 3.68. The molecule has 0 atom stereocenters. The number of rotatable bonds is 6. The van der Waals surface area contributed by atoms with Crippen molar-refractivity contribution in [1.82, 2.24) is 15.6 Å². The van der Waals surface area contributed by atoms with Gasteiger partial charge in [-0.15, -0.1) is 0 Å². The molecular formula is C18H19N3O4. The van der Waals surface area contributed by atoms with Crippen LogP contribution in [0.4, 0.5) is 0 Å². The second-order valence-electron chi connectivity index (χ2n) is 5.56. The molecule has 25 heavy (non-hydrogen) atoms. The smallest absolute Gasteiger partial charge is 0.270 e. The SMILES string of the molecule is CCCNC(=O)c1ccnc(C(=O)NCc2ccc3c(c2)OCO3)c1. The van der Waals surface area contributed by atoms with Crippen LogP contribution in [0.2, 0.25) is 0 Å². The van der Waals surface area contributed by atoms with E-state index in [1.165, 1.54) is 12.3 Å². The molecule has 0 fully saturated rings. The van der Waals surface area contributed by atoms with E-state index in [0.717, 1.165) is 12.0 Å². The van der Waals surface area contributed by atoms with Crippen molar-refractivity contribution in [3.8, 4) is 11.5 Å². The Kier molecular flexibility index (Phi) is 5.13. The van der Waals surface area contributed by atoms with Gasteiger partial charge in [0.1, 0.15) is 5.69 Å². The number of nitrogens with zero attached hydrogens (tertiary/aromatic N) is 1. The van der Waals surface area contributed by atoms with Gasteiger partial charge >= 0.3 is 0 Å². The number of benzene rings is 1. The normalized spacial score (nSPS) is 11.9. The molecule has 0 bridgehead atoms. The third-order valence-corrected chi connectivity index (χ3v) is 3.68. The maximum atomic E-state index is 12.3. The number of nitrogens with one attached hydrogen (secondary N) is 2. The fraction of sp³-hybridized carbons (Fsp3) is 0.278. The third kappa shape index (κ3) is 4.06. The largest absolute Gasteiger partial charge is 0.454 e. The topological polar surface area (TPSA) is 89.6 Å². The van der Waals surface area contributed by atoms with Crippen molar-refractivity contribution in [3.63, 3.8) is 0 Å². The first kappa shape index (κ1) is 16.8. The van der Waals surface area contributed by atoms with Gasteiger partial charge in [-0.3, -0.25) is 14.6 Å². The van der Waals surface area contributed by atoms with E-state index >= 15 is 0 Å². The van der Waals surface area contributed by atoms with Crippen molar-refractivity contribution in [1.29, 1.82) is 0 Å². The van der Waals surface area contributed by atoms with Crippen LogP contribution in [0.5, 0.6) is 11.5 Å². The zero-order chi connectivity index (χ0) is 17.6. The van der Waals surface area contributed by atoms with Gasteiger partial charge in [0.15, 0.2) is 11.5 Å². The lowest BCUT2D eigenvalue weighted by Crippen LogP contribution is -2.26. The molecule has 130 valence electrons. The number of fused-ring (bicyclic) bond motifs is 1. The Morgan fingerprint density at radius 3 is 2.76 bits per heavy atom. The first-order valence-corrected chi connectivity index (χ1v) is 8.08. The molecule has 0 radical (unpaired) electrons. The molecule has 2 amide bonds. The van der Waals surface area contributed by atoms with Crippen molar-refractivity contribution >= 4 is 11.8 Å². The van der Waals surface area contributed by atoms with Crippen LogP contribution in [0.25, 0.3) is 0 Å². The lowest BCUT2D eigenvalue weighted by atomic mass is 10.2. The highest BCUT2D eigenvalue weighted by molar-refractivity contribution is 5.98. The number of carbonyl (C=O) groups is 2. The van der Waals surface area contributed by atoms with Crippen molar-refractivity contribution < 1.29 is 19.1 Å². The van der Waals surface area contributed by atoms with Gasteiger partial charge in [0.05, 0.1) is 0 Å². The Balaban J connectivity index is 1.62. The highest BCUT2D eigenvalue weighted by Crippen LogP contribution is 2.32. The average molecular weight is 341 g/mol. The average Bonchev–Trinajstić information content (AvgIpc) is 3.12. The van der Waals surface area contributed by atoms with E-state index in [4.69, 9.17) is 9.47 Å². The Morgan fingerprint density at radius 1 is 1.08 bits per heavy atom. The fourth-order valence-electron chi connectivity index (χ4n) is 2.36. The summed E-state index contributed by atoms with van der Waals surface area (Å²) < 4.78 is 10.6. The molecular weight excluding hydrogens is 322 g/mol. The summed E-state index contributed by atoms with van der Waals surface area (Å²) in [5.74, 6) is 0.805. The van der Waals surface area contributed by atoms with Gasteiger partial charge in [-0.25, -0.2) is 0 Å². The standard InChI is InChI=1S/C18H19N3O4/c1-2-6-20-17(22)13-5-7-19-14(9-13)18(23)21-10-12-3-4-15-16(8-12)25-11-24-15/h3-5,7-9H,2,6,10-11H2,1H3,(H,20,22)(H,21,23). The van der Waals surface area contributed by atoms with E-state index in [-0.39, 0.29) is 24.3 Å². The molecule has 1 aliphatic rings. The summed E-state index contributed by atoms with van der Waals surface area (Å²) in [6, 6.07) is 8.56. The van der Waals surface area contributed by atoms with Crippen LogP contribution >= 0.6 is 0 Å². The lowest BCUT2D eigenvalue weighted by Gasteiger charge is -2.07. The van der Waals surface area contributed by atoms with Gasteiger partial charge in [0.2, 0.25) is 6.79 Å². The Bertz CT molecular complexity index is 792. The summed E-state index contributed by atoms with van der Waals surface area (Å²) in [6.07, 6.45) is 2.30. The van der Waals surface area contributed by atoms with Gasteiger partial charge in [-0.05, 0) is 36.2 Å². The molecule has 0 spiro atoms. The van der Waals surface area contributed by atoms with E-state index in [1.807, 2.05) is 19.1 Å². The minimum absolute atomic E-state index is 0.199. The van der Waals surface area contributed by atoms with E-state index in [2.05, 4.69) is 15.6 Å². The number of pyridine rings is 1. The quantitative estimate of drug-likeness (QED) is 0.837. The minimum Gasteiger partial charge on any atom is -0.454 e. The van der Waals surface area contributed by atoms with Crippen LogP contribution in [-0.4, -0.2) is 30.1 Å². The van der Waals surface area contributed by atoms with Gasteiger partial charge < -0.3 is 20.1 Å². The molecule has 1 aromatic carbocycles. The van der Waals surface area contributed by atoms with Crippen LogP contribution in [0, 0.1) is 0 Å². The molecule has 7 heteroatoms. The second kappa shape index (κ2) is 7.65. The van der Waals surface area contributed by atoms with Crippen molar-refractivity contribution in [3.05, 3.63) is 53.3 Å². The Hall–Kier alpha value is -3.09.